The predicted octanol–water partition coefficient (Wildman–Crippen LogP) is 3.61. The minimum Gasteiger partial charge on any atom is -0.201 e. The number of nitrogens with zero attached hydrogens (tertiary/aromatic N) is 1. The summed E-state index contributed by atoms with van der Waals surface area (Å²) in [6.45, 7) is 6.63. The van der Waals surface area contributed by atoms with Gasteiger partial charge in [0, 0.05) is 17.2 Å². The molecule has 0 amide bonds. The van der Waals surface area contributed by atoms with Crippen LogP contribution in [0.2, 0.25) is 0 Å². The quantitative estimate of drug-likeness (QED) is 0.722. The molecule has 0 aliphatic rings. The Morgan fingerprint density at radius 3 is 2.28 bits per heavy atom. The van der Waals surface area contributed by atoms with Crippen molar-refractivity contribution in [2.75, 3.05) is 0 Å². The molecule has 0 saturated carbocycles. The van der Waals surface area contributed by atoms with Gasteiger partial charge in [0.2, 0.25) is 5.69 Å². The highest BCUT2D eigenvalue weighted by Crippen LogP contribution is 2.22. The highest BCUT2D eigenvalue weighted by Gasteiger charge is 2.15. The topological polar surface area (TPSA) is 3.88 Å². The maximum atomic E-state index is 2.35. The van der Waals surface area contributed by atoms with E-state index in [9.17, 15) is 0 Å². The summed E-state index contributed by atoms with van der Waals surface area (Å²) in [5.74, 6) is 0. The van der Waals surface area contributed by atoms with Crippen LogP contribution in [0.15, 0.2) is 36.5 Å². The summed E-state index contributed by atoms with van der Waals surface area (Å²) < 4.78 is 2.25. The van der Waals surface area contributed by atoms with Crippen molar-refractivity contribution in [1.29, 1.82) is 0 Å². The molecule has 0 aliphatic carbocycles. The Hall–Kier alpha value is -1.63. The lowest BCUT2D eigenvalue weighted by molar-refractivity contribution is -0.660. The molecular formula is C17H22N+. The summed E-state index contributed by atoms with van der Waals surface area (Å²) in [5, 5.41) is 0. The lowest BCUT2D eigenvalue weighted by Crippen LogP contribution is -2.32. The first-order valence-corrected chi connectivity index (χ1v) is 6.74. The summed E-state index contributed by atoms with van der Waals surface area (Å²) in [7, 11) is 2.14. The lowest BCUT2D eigenvalue weighted by Gasteiger charge is -2.09. The molecule has 0 bridgehead atoms. The molecule has 0 saturated heterocycles. The van der Waals surface area contributed by atoms with Gasteiger partial charge in [-0.25, -0.2) is 4.57 Å². The van der Waals surface area contributed by atoms with Crippen LogP contribution in [0.1, 0.15) is 30.5 Å². The average molecular weight is 240 g/mol. The van der Waals surface area contributed by atoms with Crippen LogP contribution in [0.3, 0.4) is 0 Å². The van der Waals surface area contributed by atoms with Crippen molar-refractivity contribution < 1.29 is 4.57 Å². The molecule has 0 atom stereocenters. The van der Waals surface area contributed by atoms with Gasteiger partial charge in [-0.2, -0.15) is 0 Å². The molecule has 0 N–H and O–H groups in total. The minimum atomic E-state index is 1.10. The molecule has 94 valence electrons. The zero-order valence-corrected chi connectivity index (χ0v) is 11.8. The monoisotopic (exact) mass is 240 g/mol. The van der Waals surface area contributed by atoms with Crippen molar-refractivity contribution >= 4 is 0 Å². The highest BCUT2D eigenvalue weighted by molar-refractivity contribution is 5.61. The molecule has 1 heterocycles. The van der Waals surface area contributed by atoms with E-state index in [2.05, 4.69) is 68.9 Å². The largest absolute Gasteiger partial charge is 0.212 e. The summed E-state index contributed by atoms with van der Waals surface area (Å²) in [5.41, 5.74) is 6.89. The average Bonchev–Trinajstić information content (AvgIpc) is 2.39. The molecular weight excluding hydrogens is 218 g/mol. The second-order valence-electron chi connectivity index (χ2n) is 4.84. The van der Waals surface area contributed by atoms with E-state index in [4.69, 9.17) is 0 Å². The van der Waals surface area contributed by atoms with Crippen LogP contribution < -0.4 is 4.57 Å². The van der Waals surface area contributed by atoms with E-state index in [0.717, 1.165) is 12.8 Å². The molecule has 1 aromatic heterocycles. The van der Waals surface area contributed by atoms with Crippen LogP contribution in [-0.2, 0) is 19.9 Å². The fraction of sp³-hybridized carbons (Fsp3) is 0.353. The highest BCUT2D eigenvalue weighted by atomic mass is 14.9. The zero-order chi connectivity index (χ0) is 13.1. The number of rotatable bonds is 3. The third-order valence-electron chi connectivity index (χ3n) is 3.64. The van der Waals surface area contributed by atoms with Gasteiger partial charge in [-0.05, 0) is 37.0 Å². The molecule has 2 aromatic rings. The van der Waals surface area contributed by atoms with Crippen molar-refractivity contribution in [1.82, 2.24) is 0 Å². The molecule has 0 spiro atoms. The van der Waals surface area contributed by atoms with Crippen molar-refractivity contribution in [3.05, 3.63) is 53.2 Å². The Balaban J connectivity index is 2.62. The van der Waals surface area contributed by atoms with E-state index in [1.807, 2.05) is 0 Å². The van der Waals surface area contributed by atoms with Crippen LogP contribution in [0.25, 0.3) is 11.3 Å². The van der Waals surface area contributed by atoms with Crippen molar-refractivity contribution in [2.45, 2.75) is 33.6 Å². The summed E-state index contributed by atoms with van der Waals surface area (Å²) in [6, 6.07) is 10.9. The summed E-state index contributed by atoms with van der Waals surface area (Å²) in [4.78, 5) is 0. The third-order valence-corrected chi connectivity index (χ3v) is 3.64. The van der Waals surface area contributed by atoms with Gasteiger partial charge in [0.05, 0.1) is 0 Å². The number of aryl methyl sites for hydroxylation is 4. The summed E-state index contributed by atoms with van der Waals surface area (Å²) >= 11 is 0. The SMILES string of the molecule is CCc1cc(-c2ccccc2C)[n+](C)cc1CC. The van der Waals surface area contributed by atoms with E-state index >= 15 is 0 Å². The van der Waals surface area contributed by atoms with Gasteiger partial charge in [-0.1, -0.05) is 32.0 Å². The second kappa shape index (κ2) is 5.34. The Kier molecular flexibility index (Phi) is 3.81. The van der Waals surface area contributed by atoms with E-state index in [1.54, 1.807) is 0 Å². The fourth-order valence-corrected chi connectivity index (χ4v) is 2.52. The van der Waals surface area contributed by atoms with Crippen LogP contribution in [0.4, 0.5) is 0 Å². The maximum Gasteiger partial charge on any atom is 0.212 e. The molecule has 0 radical (unpaired) electrons. The van der Waals surface area contributed by atoms with Gasteiger partial charge in [0.15, 0.2) is 6.20 Å². The zero-order valence-electron chi connectivity index (χ0n) is 11.8. The fourth-order valence-electron chi connectivity index (χ4n) is 2.52. The van der Waals surface area contributed by atoms with Gasteiger partial charge < -0.3 is 0 Å². The van der Waals surface area contributed by atoms with Crippen LogP contribution in [0, 0.1) is 6.92 Å². The number of aromatic nitrogens is 1. The first kappa shape index (κ1) is 12.8. The van der Waals surface area contributed by atoms with E-state index in [0.29, 0.717) is 0 Å². The standard InChI is InChI=1S/C17H22N/c1-5-14-11-17(18(4)12-15(14)6-2)16-10-8-7-9-13(16)3/h7-12H,5-6H2,1-4H3/q+1. The van der Waals surface area contributed by atoms with E-state index < -0.39 is 0 Å². The Morgan fingerprint density at radius 1 is 1.00 bits per heavy atom. The van der Waals surface area contributed by atoms with Gasteiger partial charge in [0.25, 0.3) is 0 Å². The maximum absolute atomic E-state index is 2.35. The third kappa shape index (κ3) is 2.31. The first-order valence-electron chi connectivity index (χ1n) is 6.74. The number of hydrogen-bond donors (Lipinski definition) is 0. The Morgan fingerprint density at radius 2 is 1.67 bits per heavy atom. The van der Waals surface area contributed by atoms with Crippen molar-refractivity contribution in [3.8, 4) is 11.3 Å². The predicted molar refractivity (Wildman–Crippen MR) is 76.5 cm³/mol. The first-order chi connectivity index (χ1) is 8.67. The molecule has 1 heteroatoms. The van der Waals surface area contributed by atoms with Crippen molar-refractivity contribution in [2.24, 2.45) is 7.05 Å². The van der Waals surface area contributed by atoms with Gasteiger partial charge >= 0.3 is 0 Å². The van der Waals surface area contributed by atoms with Crippen molar-refractivity contribution in [3.63, 3.8) is 0 Å². The van der Waals surface area contributed by atoms with Gasteiger partial charge in [-0.3, -0.25) is 0 Å². The molecule has 2 rings (SSSR count). The molecule has 1 aromatic carbocycles. The molecule has 0 unspecified atom stereocenters. The Bertz CT molecular complexity index is 556. The molecule has 0 fully saturated rings. The van der Waals surface area contributed by atoms with Crippen LogP contribution in [0.5, 0.6) is 0 Å². The number of pyridine rings is 1. The molecule has 0 aliphatic heterocycles. The normalized spacial score (nSPS) is 10.7. The van der Waals surface area contributed by atoms with Gasteiger partial charge in [0.1, 0.15) is 7.05 Å². The van der Waals surface area contributed by atoms with E-state index in [1.165, 1.54) is 27.9 Å². The van der Waals surface area contributed by atoms with E-state index in [-0.39, 0.29) is 0 Å². The van der Waals surface area contributed by atoms with Crippen LogP contribution >= 0.6 is 0 Å². The minimum absolute atomic E-state index is 1.10. The second-order valence-corrected chi connectivity index (χ2v) is 4.84. The van der Waals surface area contributed by atoms with Gasteiger partial charge in [-0.15, -0.1) is 0 Å². The molecule has 1 nitrogen and oxygen atoms in total. The lowest BCUT2D eigenvalue weighted by atomic mass is 9.99. The number of benzene rings is 1. The van der Waals surface area contributed by atoms with Crippen LogP contribution in [-0.4, -0.2) is 0 Å². The molecule has 18 heavy (non-hydrogen) atoms. The Labute approximate surface area is 110 Å². The number of hydrogen-bond acceptors (Lipinski definition) is 0. The smallest absolute Gasteiger partial charge is 0.201 e. The summed E-state index contributed by atoms with van der Waals surface area (Å²) in [6.07, 6.45) is 4.48.